The minimum absolute atomic E-state index is 0. The van der Waals surface area contributed by atoms with Gasteiger partial charge in [-0.2, -0.15) is 16.8 Å². The molecule has 0 fully saturated rings. The standard InChI is InChI=1S/C6H4O8S2.2Na.2H/c7-3-1-4(15(9,10)11)6(8)5(2-3)16(12,13)14;;;;/h1-2H,(H,9,10,11)(H,12,13,14);;;;. The second kappa shape index (κ2) is 6.88. The van der Waals surface area contributed by atoms with Gasteiger partial charge in [-0.05, 0) is 0 Å². The van der Waals surface area contributed by atoms with E-state index in [0.717, 1.165) is 0 Å². The van der Waals surface area contributed by atoms with E-state index < -0.39 is 41.6 Å². The van der Waals surface area contributed by atoms with Crippen LogP contribution >= 0.6 is 0 Å². The zero-order valence-electron chi connectivity index (χ0n) is 7.32. The third kappa shape index (κ3) is 4.96. The first-order chi connectivity index (χ1) is 7.03. The van der Waals surface area contributed by atoms with Gasteiger partial charge >= 0.3 is 59.1 Å². The monoisotopic (exact) mass is 316 g/mol. The van der Waals surface area contributed by atoms with E-state index in [1.54, 1.807) is 0 Å². The normalized spacial score (nSPS) is 16.1. The molecule has 0 atom stereocenters. The van der Waals surface area contributed by atoms with E-state index in [4.69, 9.17) is 9.11 Å². The van der Waals surface area contributed by atoms with E-state index in [1.165, 1.54) is 0 Å². The molecule has 0 heterocycles. The maximum atomic E-state index is 11.2. The third-order valence-corrected chi connectivity index (χ3v) is 3.27. The fourth-order valence-electron chi connectivity index (χ4n) is 0.936. The second-order valence-corrected chi connectivity index (χ2v) is 5.48. The van der Waals surface area contributed by atoms with Crippen molar-refractivity contribution in [3.8, 4) is 0 Å². The summed E-state index contributed by atoms with van der Waals surface area (Å²) >= 11 is 0. The van der Waals surface area contributed by atoms with Gasteiger partial charge in [-0.3, -0.25) is 18.7 Å². The van der Waals surface area contributed by atoms with Crippen LogP contribution in [0.25, 0.3) is 0 Å². The summed E-state index contributed by atoms with van der Waals surface area (Å²) in [6.45, 7) is 0. The number of ketones is 2. The van der Waals surface area contributed by atoms with Crippen LogP contribution in [-0.2, 0) is 29.8 Å². The van der Waals surface area contributed by atoms with Crippen molar-refractivity contribution in [1.29, 1.82) is 0 Å². The Morgan fingerprint density at radius 1 is 0.778 bits per heavy atom. The Morgan fingerprint density at radius 3 is 1.28 bits per heavy atom. The Morgan fingerprint density at radius 2 is 1.06 bits per heavy atom. The van der Waals surface area contributed by atoms with Gasteiger partial charge in [0.1, 0.15) is 9.81 Å². The molecule has 0 radical (unpaired) electrons. The molecule has 18 heavy (non-hydrogen) atoms. The van der Waals surface area contributed by atoms with Gasteiger partial charge in [0.05, 0.1) is 0 Å². The van der Waals surface area contributed by atoms with Crippen molar-refractivity contribution in [3.05, 3.63) is 22.0 Å². The molecule has 0 bridgehead atoms. The van der Waals surface area contributed by atoms with Crippen LogP contribution in [-0.4, -0.2) is 96.6 Å². The molecule has 0 aromatic heterocycles. The van der Waals surface area contributed by atoms with Crippen molar-refractivity contribution in [2.75, 3.05) is 0 Å². The van der Waals surface area contributed by atoms with Gasteiger partial charge < -0.3 is 0 Å². The van der Waals surface area contributed by atoms with E-state index in [9.17, 15) is 26.4 Å². The summed E-state index contributed by atoms with van der Waals surface area (Å²) in [4.78, 5) is 19.3. The molecule has 0 saturated heterocycles. The topological polar surface area (TPSA) is 143 Å². The molecule has 1 aliphatic rings. The van der Waals surface area contributed by atoms with Gasteiger partial charge in [0.2, 0.25) is 5.78 Å². The van der Waals surface area contributed by atoms with Crippen molar-refractivity contribution >= 4 is 90.9 Å². The Kier molecular flexibility index (Phi) is 8.01. The third-order valence-electron chi connectivity index (χ3n) is 1.55. The zero-order valence-corrected chi connectivity index (χ0v) is 8.95. The van der Waals surface area contributed by atoms with E-state index in [2.05, 4.69) is 0 Å². The second-order valence-electron chi connectivity index (χ2n) is 2.70. The van der Waals surface area contributed by atoms with Gasteiger partial charge in [-0.15, -0.1) is 0 Å². The fraction of sp³-hybridized carbons (Fsp3) is 0. The average Bonchev–Trinajstić information content (AvgIpc) is 2.04. The van der Waals surface area contributed by atoms with E-state index >= 15 is 0 Å². The molecule has 0 spiro atoms. The maximum absolute atomic E-state index is 11.2. The molecular formula is C6H6Na2O8S2. The summed E-state index contributed by atoms with van der Waals surface area (Å²) < 4.78 is 59.6. The number of hydrogen-bond acceptors (Lipinski definition) is 6. The molecule has 1 aliphatic carbocycles. The summed E-state index contributed by atoms with van der Waals surface area (Å²) in [5.41, 5.74) is 0. The van der Waals surface area contributed by atoms with E-state index in [-0.39, 0.29) is 71.3 Å². The Bertz CT molecular complexity index is 585. The van der Waals surface area contributed by atoms with Gasteiger partial charge in [-0.25, -0.2) is 0 Å². The van der Waals surface area contributed by atoms with Crippen molar-refractivity contribution in [1.82, 2.24) is 0 Å². The van der Waals surface area contributed by atoms with Crippen LogP contribution in [0.4, 0.5) is 0 Å². The average molecular weight is 316 g/mol. The number of allylic oxidation sites excluding steroid dienone is 4. The molecule has 12 heteroatoms. The molecule has 8 nitrogen and oxygen atoms in total. The molecular weight excluding hydrogens is 310 g/mol. The van der Waals surface area contributed by atoms with Crippen molar-refractivity contribution in [2.24, 2.45) is 0 Å². The van der Waals surface area contributed by atoms with Crippen LogP contribution in [0.3, 0.4) is 0 Å². The summed E-state index contributed by atoms with van der Waals surface area (Å²) in [6.07, 6.45) is 0.513. The van der Waals surface area contributed by atoms with Crippen LogP contribution in [0.2, 0.25) is 0 Å². The number of hydrogen-bond donors (Lipinski definition) is 2. The van der Waals surface area contributed by atoms with Crippen molar-refractivity contribution in [3.63, 3.8) is 0 Å². The molecule has 0 unspecified atom stereocenters. The molecule has 0 saturated carbocycles. The SMILES string of the molecule is O=C1C=C(S(=O)(=O)O)C(=O)C(S(=O)(=O)O)=C1.[NaH].[NaH]. The molecule has 2 N–H and O–H groups in total. The summed E-state index contributed by atoms with van der Waals surface area (Å²) in [5, 5.41) is 0. The molecule has 1 rings (SSSR count). The number of carbonyl (C=O) groups is 2. The molecule has 0 aromatic rings. The van der Waals surface area contributed by atoms with E-state index in [0.29, 0.717) is 0 Å². The minimum atomic E-state index is -5.03. The predicted octanol–water partition coefficient (Wildman–Crippen LogP) is -2.62. The fourth-order valence-corrected chi connectivity index (χ4v) is 2.22. The number of carbonyl (C=O) groups excluding carboxylic acids is 2. The molecule has 0 aromatic carbocycles. The van der Waals surface area contributed by atoms with Gasteiger partial charge in [0.25, 0.3) is 20.2 Å². The van der Waals surface area contributed by atoms with Crippen LogP contribution < -0.4 is 0 Å². The Balaban J connectivity index is 0. The van der Waals surface area contributed by atoms with Crippen molar-refractivity contribution in [2.45, 2.75) is 0 Å². The number of rotatable bonds is 2. The summed E-state index contributed by atoms with van der Waals surface area (Å²) in [5.74, 6) is -2.82. The Labute approximate surface area is 147 Å². The van der Waals surface area contributed by atoms with Crippen LogP contribution in [0, 0.1) is 0 Å². The first kappa shape index (κ1) is 20.9. The predicted molar refractivity (Wildman–Crippen MR) is 63.6 cm³/mol. The summed E-state index contributed by atoms with van der Waals surface area (Å²) in [7, 11) is -10.1. The van der Waals surface area contributed by atoms with Gasteiger partial charge in [0.15, 0.2) is 5.78 Å². The van der Waals surface area contributed by atoms with Crippen molar-refractivity contribution < 1.29 is 35.5 Å². The Hall–Kier alpha value is 0.640. The first-order valence-corrected chi connectivity index (χ1v) is 6.38. The van der Waals surface area contributed by atoms with E-state index in [1.807, 2.05) is 0 Å². The van der Waals surface area contributed by atoms with Crippen LogP contribution in [0.1, 0.15) is 0 Å². The van der Waals surface area contributed by atoms with Gasteiger partial charge in [0, 0.05) is 12.2 Å². The molecule has 92 valence electrons. The summed E-state index contributed by atoms with van der Waals surface area (Å²) in [6, 6.07) is 0. The van der Waals surface area contributed by atoms with Gasteiger partial charge in [-0.1, -0.05) is 0 Å². The molecule has 0 amide bonds. The quantitative estimate of drug-likeness (QED) is 0.320. The van der Waals surface area contributed by atoms with Crippen LogP contribution in [0.5, 0.6) is 0 Å². The zero-order chi connectivity index (χ0) is 12.7. The number of Topliss-reactive ketones (excluding diaryl/α,β-unsaturated/α-hetero) is 1. The first-order valence-electron chi connectivity index (χ1n) is 3.50. The molecule has 0 aliphatic heterocycles. The van der Waals surface area contributed by atoms with Crippen LogP contribution in [0.15, 0.2) is 22.0 Å².